The fourth-order valence-corrected chi connectivity index (χ4v) is 0.922. The number of ether oxygens (including phenoxy) is 2. The van der Waals surface area contributed by atoms with Crippen molar-refractivity contribution in [3.05, 3.63) is 0 Å². The third-order valence-electron chi connectivity index (χ3n) is 1.56. The number of nitrogens with zero attached hydrogens (tertiary/aromatic N) is 1. The molecule has 0 radical (unpaired) electrons. The van der Waals surface area contributed by atoms with Crippen LogP contribution in [0, 0.1) is 0 Å². The Morgan fingerprint density at radius 3 is 3.00 bits per heavy atom. The van der Waals surface area contributed by atoms with Gasteiger partial charge >= 0.3 is 0 Å². The predicted molar refractivity (Wildman–Crippen MR) is 34.2 cm³/mol. The molecule has 0 amide bonds. The van der Waals surface area contributed by atoms with E-state index in [0.29, 0.717) is 6.61 Å². The highest BCUT2D eigenvalue weighted by Crippen LogP contribution is 2.05. The van der Waals surface area contributed by atoms with E-state index >= 15 is 0 Å². The van der Waals surface area contributed by atoms with Crippen LogP contribution in [0.15, 0.2) is 0 Å². The molecule has 1 aliphatic rings. The first kappa shape index (κ1) is 6.99. The van der Waals surface area contributed by atoms with E-state index in [9.17, 15) is 0 Å². The Balaban J connectivity index is 2.22. The van der Waals surface area contributed by atoms with Gasteiger partial charge in [-0.05, 0) is 7.05 Å². The van der Waals surface area contributed by atoms with Gasteiger partial charge in [0.1, 0.15) is 6.23 Å². The zero-order valence-electron chi connectivity index (χ0n) is 5.96. The average molecular weight is 131 g/mol. The molecule has 0 N–H and O–H groups in total. The van der Waals surface area contributed by atoms with Crippen molar-refractivity contribution >= 4 is 0 Å². The molecule has 0 aromatic carbocycles. The summed E-state index contributed by atoms with van der Waals surface area (Å²) in [7, 11) is 3.73. The van der Waals surface area contributed by atoms with E-state index in [1.165, 1.54) is 0 Å². The number of hydrogen-bond acceptors (Lipinski definition) is 3. The molecule has 1 aliphatic heterocycles. The van der Waals surface area contributed by atoms with Crippen LogP contribution in [0.2, 0.25) is 0 Å². The summed E-state index contributed by atoms with van der Waals surface area (Å²) in [4.78, 5) is 2.14. The molecular formula is C6H13NO2. The van der Waals surface area contributed by atoms with Crippen molar-refractivity contribution in [1.29, 1.82) is 0 Å². The normalized spacial score (nSPS) is 29.3. The first-order valence-corrected chi connectivity index (χ1v) is 3.15. The van der Waals surface area contributed by atoms with E-state index in [1.54, 1.807) is 7.11 Å². The van der Waals surface area contributed by atoms with Gasteiger partial charge in [0.2, 0.25) is 0 Å². The van der Waals surface area contributed by atoms with Crippen molar-refractivity contribution < 1.29 is 9.47 Å². The highest BCUT2D eigenvalue weighted by atomic mass is 16.5. The SMILES string of the molecule is COC[C@@H]1OCCN1C. The monoisotopic (exact) mass is 131 g/mol. The summed E-state index contributed by atoms with van der Waals surface area (Å²) < 4.78 is 10.2. The summed E-state index contributed by atoms with van der Waals surface area (Å²) in [6.45, 7) is 2.54. The first-order chi connectivity index (χ1) is 4.34. The molecule has 9 heavy (non-hydrogen) atoms. The highest BCUT2D eigenvalue weighted by Gasteiger charge is 2.20. The summed E-state index contributed by atoms with van der Waals surface area (Å²) >= 11 is 0. The van der Waals surface area contributed by atoms with Gasteiger partial charge in [0, 0.05) is 13.7 Å². The van der Waals surface area contributed by atoms with E-state index in [4.69, 9.17) is 9.47 Å². The van der Waals surface area contributed by atoms with E-state index < -0.39 is 0 Å². The lowest BCUT2D eigenvalue weighted by atomic mass is 10.5. The van der Waals surface area contributed by atoms with Gasteiger partial charge in [0.15, 0.2) is 0 Å². The van der Waals surface area contributed by atoms with Crippen LogP contribution in [0.1, 0.15) is 0 Å². The summed E-state index contributed by atoms with van der Waals surface area (Å²) in [6, 6.07) is 0. The standard InChI is InChI=1S/C6H13NO2/c1-7-3-4-9-6(7)5-8-2/h6H,3-5H2,1-2H3/t6-/m0/s1. The molecule has 3 heteroatoms. The Morgan fingerprint density at radius 2 is 2.56 bits per heavy atom. The van der Waals surface area contributed by atoms with Crippen molar-refractivity contribution in [2.75, 3.05) is 33.9 Å². The third kappa shape index (κ3) is 1.64. The fourth-order valence-electron chi connectivity index (χ4n) is 0.922. The van der Waals surface area contributed by atoms with Gasteiger partial charge in [0.05, 0.1) is 13.2 Å². The predicted octanol–water partition coefficient (Wildman–Crippen LogP) is -0.0791. The molecule has 0 aromatic rings. The van der Waals surface area contributed by atoms with Gasteiger partial charge in [-0.2, -0.15) is 0 Å². The van der Waals surface area contributed by atoms with Crippen molar-refractivity contribution in [3.63, 3.8) is 0 Å². The first-order valence-electron chi connectivity index (χ1n) is 3.15. The molecule has 0 saturated carbocycles. The minimum absolute atomic E-state index is 0.190. The van der Waals surface area contributed by atoms with Crippen LogP contribution < -0.4 is 0 Å². The second-order valence-corrected chi connectivity index (χ2v) is 2.26. The van der Waals surface area contributed by atoms with Crippen molar-refractivity contribution in [2.24, 2.45) is 0 Å². The van der Waals surface area contributed by atoms with Gasteiger partial charge in [-0.3, -0.25) is 4.90 Å². The third-order valence-corrected chi connectivity index (χ3v) is 1.56. The molecule has 1 atom stereocenters. The number of hydrogen-bond donors (Lipinski definition) is 0. The van der Waals surface area contributed by atoms with Crippen LogP contribution in [0.3, 0.4) is 0 Å². The minimum Gasteiger partial charge on any atom is -0.381 e. The van der Waals surface area contributed by atoms with Gasteiger partial charge < -0.3 is 9.47 Å². The van der Waals surface area contributed by atoms with Crippen LogP contribution in [-0.4, -0.2) is 45.0 Å². The van der Waals surface area contributed by atoms with E-state index in [2.05, 4.69) is 4.90 Å². The molecule has 1 fully saturated rings. The lowest BCUT2D eigenvalue weighted by Crippen LogP contribution is -2.29. The molecule has 1 saturated heterocycles. The maximum atomic E-state index is 5.31. The molecule has 3 nitrogen and oxygen atoms in total. The lowest BCUT2D eigenvalue weighted by molar-refractivity contribution is -0.0153. The smallest absolute Gasteiger partial charge is 0.134 e. The highest BCUT2D eigenvalue weighted by molar-refractivity contribution is 4.63. The Kier molecular flexibility index (Phi) is 2.45. The maximum absolute atomic E-state index is 5.31. The topological polar surface area (TPSA) is 21.7 Å². The molecule has 1 heterocycles. The second-order valence-electron chi connectivity index (χ2n) is 2.26. The maximum Gasteiger partial charge on any atom is 0.134 e. The van der Waals surface area contributed by atoms with Crippen LogP contribution in [0.25, 0.3) is 0 Å². The number of likely N-dealkylation sites (N-methyl/N-ethyl adjacent to an activating group) is 1. The molecule has 0 spiro atoms. The van der Waals surface area contributed by atoms with Gasteiger partial charge in [0.25, 0.3) is 0 Å². The van der Waals surface area contributed by atoms with Crippen LogP contribution in [-0.2, 0) is 9.47 Å². The lowest BCUT2D eigenvalue weighted by Gasteiger charge is -2.15. The fraction of sp³-hybridized carbons (Fsp3) is 1.00. The molecule has 1 rings (SSSR count). The number of rotatable bonds is 2. The molecule has 0 bridgehead atoms. The summed E-state index contributed by atoms with van der Waals surface area (Å²) in [6.07, 6.45) is 0.190. The Bertz CT molecular complexity index is 87.1. The minimum atomic E-state index is 0.190. The Morgan fingerprint density at radius 1 is 1.78 bits per heavy atom. The Labute approximate surface area is 55.5 Å². The molecule has 0 aromatic heterocycles. The average Bonchev–Trinajstić information content (AvgIpc) is 2.18. The summed E-state index contributed by atoms with van der Waals surface area (Å²) in [5, 5.41) is 0. The molecular weight excluding hydrogens is 118 g/mol. The molecule has 54 valence electrons. The van der Waals surface area contributed by atoms with Crippen molar-refractivity contribution in [1.82, 2.24) is 4.90 Å². The van der Waals surface area contributed by atoms with Gasteiger partial charge in [-0.25, -0.2) is 0 Å². The van der Waals surface area contributed by atoms with Crippen LogP contribution >= 0.6 is 0 Å². The molecule has 0 unspecified atom stereocenters. The van der Waals surface area contributed by atoms with E-state index in [0.717, 1.165) is 13.2 Å². The van der Waals surface area contributed by atoms with E-state index in [1.807, 2.05) is 7.05 Å². The summed E-state index contributed by atoms with van der Waals surface area (Å²) in [5.74, 6) is 0. The quantitative estimate of drug-likeness (QED) is 0.523. The summed E-state index contributed by atoms with van der Waals surface area (Å²) in [5.41, 5.74) is 0. The number of methoxy groups -OCH3 is 1. The zero-order valence-corrected chi connectivity index (χ0v) is 5.96. The van der Waals surface area contributed by atoms with Crippen LogP contribution in [0.5, 0.6) is 0 Å². The van der Waals surface area contributed by atoms with Crippen molar-refractivity contribution in [2.45, 2.75) is 6.23 Å². The van der Waals surface area contributed by atoms with Crippen molar-refractivity contribution in [3.8, 4) is 0 Å². The van der Waals surface area contributed by atoms with Gasteiger partial charge in [-0.1, -0.05) is 0 Å². The van der Waals surface area contributed by atoms with E-state index in [-0.39, 0.29) is 6.23 Å². The van der Waals surface area contributed by atoms with Gasteiger partial charge in [-0.15, -0.1) is 0 Å². The Hall–Kier alpha value is -0.120. The van der Waals surface area contributed by atoms with Crippen LogP contribution in [0.4, 0.5) is 0 Å². The largest absolute Gasteiger partial charge is 0.381 e. The molecule has 0 aliphatic carbocycles. The second kappa shape index (κ2) is 3.15. The zero-order chi connectivity index (χ0) is 6.69.